The van der Waals surface area contributed by atoms with E-state index in [9.17, 15) is 9.90 Å². The van der Waals surface area contributed by atoms with Gasteiger partial charge in [0.1, 0.15) is 5.75 Å². The Morgan fingerprint density at radius 2 is 1.84 bits per heavy atom. The van der Waals surface area contributed by atoms with Gasteiger partial charge in [0, 0.05) is 31.6 Å². The molecular weight excluding hydrogens is 336 g/mol. The van der Waals surface area contributed by atoms with Gasteiger partial charge in [-0.05, 0) is 68.1 Å². The smallest absolute Gasteiger partial charge is 0.223 e. The Hall–Kier alpha value is -1.26. The van der Waals surface area contributed by atoms with Crippen molar-refractivity contribution in [2.75, 3.05) is 6.54 Å². The van der Waals surface area contributed by atoms with Gasteiger partial charge in [0.25, 0.3) is 0 Å². The molecule has 2 aliphatic heterocycles. The number of halogens is 1. The number of phenolic OH excluding ortho intramolecular Hbond substituents is 1. The quantitative estimate of drug-likeness (QED) is 0.812. The predicted octanol–water partition coefficient (Wildman–Crippen LogP) is 3.47. The number of fused-ring (bicyclic) bond motifs is 2. The summed E-state index contributed by atoms with van der Waals surface area (Å²) in [5.41, 5.74) is 1.02. The third kappa shape index (κ3) is 4.89. The third-order valence-electron chi connectivity index (χ3n) is 5.85. The molecule has 1 saturated carbocycles. The minimum absolute atomic E-state index is 0. The number of rotatable bonds is 6. The van der Waals surface area contributed by atoms with E-state index in [-0.39, 0.29) is 18.2 Å². The van der Waals surface area contributed by atoms with Gasteiger partial charge < -0.3 is 15.3 Å². The Kier molecular flexibility index (Phi) is 5.90. The van der Waals surface area contributed by atoms with E-state index in [1.54, 1.807) is 12.1 Å². The van der Waals surface area contributed by atoms with Gasteiger partial charge in [0.05, 0.1) is 0 Å². The van der Waals surface area contributed by atoms with Crippen LogP contribution in [0.25, 0.3) is 0 Å². The summed E-state index contributed by atoms with van der Waals surface area (Å²) in [6, 6.07) is 8.60. The van der Waals surface area contributed by atoms with E-state index in [2.05, 4.69) is 5.32 Å². The summed E-state index contributed by atoms with van der Waals surface area (Å²) in [6.45, 7) is 1.51. The SMILES string of the molecule is Cl.O=C(CC1CC2CCC(C1)N2)N(Cc1cccc(O)c1)CC1CC1. The first-order chi connectivity index (χ1) is 11.7. The van der Waals surface area contributed by atoms with Gasteiger partial charge in [0.15, 0.2) is 0 Å². The summed E-state index contributed by atoms with van der Waals surface area (Å²) in [6.07, 6.45) is 8.08. The second-order valence-electron chi connectivity index (χ2n) is 8.07. The van der Waals surface area contributed by atoms with Gasteiger partial charge in [0.2, 0.25) is 5.91 Å². The molecule has 5 heteroatoms. The molecule has 2 atom stereocenters. The van der Waals surface area contributed by atoms with Crippen LogP contribution in [0, 0.1) is 11.8 Å². The third-order valence-corrected chi connectivity index (χ3v) is 5.85. The molecule has 1 amide bonds. The lowest BCUT2D eigenvalue weighted by Crippen LogP contribution is -2.40. The van der Waals surface area contributed by atoms with E-state index in [1.807, 2.05) is 17.0 Å². The predicted molar refractivity (Wildman–Crippen MR) is 101 cm³/mol. The van der Waals surface area contributed by atoms with E-state index in [0.717, 1.165) is 24.9 Å². The van der Waals surface area contributed by atoms with Crippen molar-refractivity contribution in [3.05, 3.63) is 29.8 Å². The largest absolute Gasteiger partial charge is 0.508 e. The Labute approximate surface area is 156 Å². The van der Waals surface area contributed by atoms with Crippen LogP contribution in [0.4, 0.5) is 0 Å². The van der Waals surface area contributed by atoms with Crippen molar-refractivity contribution >= 4 is 18.3 Å². The fourth-order valence-electron chi connectivity index (χ4n) is 4.46. The average molecular weight is 365 g/mol. The molecule has 2 bridgehead atoms. The number of hydrogen-bond donors (Lipinski definition) is 2. The van der Waals surface area contributed by atoms with Crippen LogP contribution in [0.1, 0.15) is 50.5 Å². The zero-order chi connectivity index (χ0) is 16.5. The summed E-state index contributed by atoms with van der Waals surface area (Å²) < 4.78 is 0. The first-order valence-electron chi connectivity index (χ1n) is 9.47. The van der Waals surface area contributed by atoms with Crippen LogP contribution in [-0.4, -0.2) is 34.5 Å². The van der Waals surface area contributed by atoms with Gasteiger partial charge >= 0.3 is 0 Å². The molecule has 2 heterocycles. The van der Waals surface area contributed by atoms with Gasteiger partial charge in [-0.3, -0.25) is 4.79 Å². The molecule has 0 aromatic heterocycles. The van der Waals surface area contributed by atoms with Crippen molar-refractivity contribution in [3.63, 3.8) is 0 Å². The highest BCUT2D eigenvalue weighted by atomic mass is 35.5. The van der Waals surface area contributed by atoms with Crippen LogP contribution in [-0.2, 0) is 11.3 Å². The Balaban J connectivity index is 0.00000182. The number of phenols is 1. The highest BCUT2D eigenvalue weighted by Crippen LogP contribution is 2.34. The number of nitrogens with one attached hydrogen (secondary N) is 1. The molecule has 2 unspecified atom stereocenters. The molecule has 3 aliphatic rings. The minimum Gasteiger partial charge on any atom is -0.508 e. The van der Waals surface area contributed by atoms with Crippen molar-refractivity contribution in [1.82, 2.24) is 10.2 Å². The molecule has 1 aromatic carbocycles. The maximum absolute atomic E-state index is 12.9. The first kappa shape index (κ1) is 18.5. The molecule has 0 radical (unpaired) electrons. The molecule has 2 saturated heterocycles. The van der Waals surface area contributed by atoms with Crippen LogP contribution < -0.4 is 5.32 Å². The second kappa shape index (κ2) is 7.96. The second-order valence-corrected chi connectivity index (χ2v) is 8.07. The molecule has 3 fully saturated rings. The number of nitrogens with zero attached hydrogens (tertiary/aromatic N) is 1. The number of carbonyl (C=O) groups excluding carboxylic acids is 1. The first-order valence-corrected chi connectivity index (χ1v) is 9.47. The molecule has 0 spiro atoms. The number of amides is 1. The van der Waals surface area contributed by atoms with Gasteiger partial charge in [-0.15, -0.1) is 12.4 Å². The molecule has 1 aliphatic carbocycles. The monoisotopic (exact) mass is 364 g/mol. The van der Waals surface area contributed by atoms with E-state index in [4.69, 9.17) is 0 Å². The molecule has 4 rings (SSSR count). The van der Waals surface area contributed by atoms with E-state index >= 15 is 0 Å². The summed E-state index contributed by atoms with van der Waals surface area (Å²) in [5.74, 6) is 1.82. The maximum atomic E-state index is 12.9. The fourth-order valence-corrected chi connectivity index (χ4v) is 4.46. The topological polar surface area (TPSA) is 52.6 Å². The molecule has 138 valence electrons. The number of hydrogen-bond acceptors (Lipinski definition) is 3. The maximum Gasteiger partial charge on any atom is 0.223 e. The number of piperidine rings is 1. The zero-order valence-corrected chi connectivity index (χ0v) is 15.5. The highest BCUT2D eigenvalue weighted by Gasteiger charge is 2.35. The minimum atomic E-state index is 0. The Morgan fingerprint density at radius 3 is 2.48 bits per heavy atom. The Bertz CT molecular complexity index is 593. The average Bonchev–Trinajstić information content (AvgIpc) is 3.30. The normalized spacial score (nSPS) is 27.6. The lowest BCUT2D eigenvalue weighted by atomic mass is 9.89. The van der Waals surface area contributed by atoms with E-state index in [0.29, 0.717) is 42.8 Å². The van der Waals surface area contributed by atoms with Gasteiger partial charge in [-0.25, -0.2) is 0 Å². The molecular formula is C20H29ClN2O2. The summed E-state index contributed by atoms with van der Waals surface area (Å²) in [4.78, 5) is 15.0. The standard InChI is InChI=1S/C20H28N2O2.ClH/c23-19-3-1-2-15(10-19)13-22(12-14-4-5-14)20(24)11-16-8-17-6-7-18(9-16)21-17;/h1-3,10,14,16-18,21,23H,4-9,11-13H2;1H. The number of aromatic hydroxyl groups is 1. The van der Waals surface area contributed by atoms with Crippen molar-refractivity contribution in [2.24, 2.45) is 11.8 Å². The lowest BCUT2D eigenvalue weighted by molar-refractivity contribution is -0.133. The van der Waals surface area contributed by atoms with Crippen molar-refractivity contribution in [2.45, 2.75) is 63.6 Å². The zero-order valence-electron chi connectivity index (χ0n) is 14.7. The van der Waals surface area contributed by atoms with Crippen LogP contribution >= 0.6 is 12.4 Å². The summed E-state index contributed by atoms with van der Waals surface area (Å²) >= 11 is 0. The van der Waals surface area contributed by atoms with Crippen LogP contribution in [0.3, 0.4) is 0 Å². The molecule has 1 aromatic rings. The van der Waals surface area contributed by atoms with Crippen molar-refractivity contribution in [1.29, 1.82) is 0 Å². The van der Waals surface area contributed by atoms with Gasteiger partial charge in [-0.1, -0.05) is 12.1 Å². The molecule has 25 heavy (non-hydrogen) atoms. The van der Waals surface area contributed by atoms with Gasteiger partial charge in [-0.2, -0.15) is 0 Å². The van der Waals surface area contributed by atoms with Crippen LogP contribution in [0.15, 0.2) is 24.3 Å². The van der Waals surface area contributed by atoms with Crippen LogP contribution in [0.2, 0.25) is 0 Å². The number of benzene rings is 1. The number of carbonyl (C=O) groups is 1. The fraction of sp³-hybridized carbons (Fsp3) is 0.650. The summed E-state index contributed by atoms with van der Waals surface area (Å²) in [5, 5.41) is 13.3. The van der Waals surface area contributed by atoms with Crippen molar-refractivity contribution < 1.29 is 9.90 Å². The molecule has 4 nitrogen and oxygen atoms in total. The van der Waals surface area contributed by atoms with Crippen molar-refractivity contribution in [3.8, 4) is 5.75 Å². The van der Waals surface area contributed by atoms with Crippen LogP contribution in [0.5, 0.6) is 5.75 Å². The van der Waals surface area contributed by atoms with E-state index in [1.165, 1.54) is 25.7 Å². The lowest BCUT2D eigenvalue weighted by Gasteiger charge is -2.31. The van der Waals surface area contributed by atoms with E-state index < -0.39 is 0 Å². The highest BCUT2D eigenvalue weighted by molar-refractivity contribution is 5.85. The summed E-state index contributed by atoms with van der Waals surface area (Å²) in [7, 11) is 0. The molecule has 2 N–H and O–H groups in total. The Morgan fingerprint density at radius 1 is 1.12 bits per heavy atom.